The average molecular weight is 422 g/mol. The minimum Gasteiger partial charge on any atom is -0.496 e. The van der Waals surface area contributed by atoms with E-state index in [1.165, 1.54) is 16.8 Å². The smallest absolute Gasteiger partial charge is 0.237 e. The third-order valence-corrected chi connectivity index (χ3v) is 5.22. The van der Waals surface area contributed by atoms with Gasteiger partial charge in [0.05, 0.1) is 28.6 Å². The molecule has 0 fully saturated rings. The number of benzene rings is 2. The largest absolute Gasteiger partial charge is 0.496 e. The van der Waals surface area contributed by atoms with Crippen LogP contribution in [-0.2, 0) is 4.79 Å². The van der Waals surface area contributed by atoms with Crippen LogP contribution >= 0.6 is 23.4 Å². The van der Waals surface area contributed by atoms with Crippen molar-refractivity contribution in [1.29, 1.82) is 0 Å². The number of nitrogens with two attached hydrogens (primary N) is 1. The lowest BCUT2D eigenvalue weighted by molar-refractivity contribution is -0.115. The fourth-order valence-electron chi connectivity index (χ4n) is 2.41. The second-order valence-corrected chi connectivity index (χ2v) is 7.47. The SMILES string of the molecule is COc1ccccc1-c1nnc(SC(C)C(=O)Nc2ccc(F)cc2Cl)n1N. The van der Waals surface area contributed by atoms with Crippen LogP contribution in [0.4, 0.5) is 10.1 Å². The fourth-order valence-corrected chi connectivity index (χ4v) is 3.39. The molecule has 28 heavy (non-hydrogen) atoms. The topological polar surface area (TPSA) is 95.1 Å². The highest BCUT2D eigenvalue weighted by Crippen LogP contribution is 2.31. The Morgan fingerprint density at radius 3 is 2.79 bits per heavy atom. The first kappa shape index (κ1) is 20.0. The summed E-state index contributed by atoms with van der Waals surface area (Å²) in [4.78, 5) is 12.4. The first-order chi connectivity index (χ1) is 13.4. The number of hydrogen-bond acceptors (Lipinski definition) is 6. The molecule has 1 heterocycles. The van der Waals surface area contributed by atoms with Gasteiger partial charge in [-0.3, -0.25) is 4.79 Å². The number of amides is 1. The van der Waals surface area contributed by atoms with E-state index in [2.05, 4.69) is 15.5 Å². The fraction of sp³-hybridized carbons (Fsp3) is 0.167. The number of carbonyl (C=O) groups excluding carboxylic acids is 1. The molecular formula is C18H17ClFN5O2S. The van der Waals surface area contributed by atoms with Gasteiger partial charge in [-0.05, 0) is 37.3 Å². The van der Waals surface area contributed by atoms with E-state index in [-0.39, 0.29) is 10.9 Å². The maximum atomic E-state index is 13.1. The Bertz CT molecular complexity index is 1010. The lowest BCUT2D eigenvalue weighted by Gasteiger charge is -2.13. The van der Waals surface area contributed by atoms with Gasteiger partial charge >= 0.3 is 0 Å². The van der Waals surface area contributed by atoms with Crippen LogP contribution in [0.1, 0.15) is 6.92 Å². The molecule has 1 atom stereocenters. The van der Waals surface area contributed by atoms with Crippen LogP contribution in [0.5, 0.6) is 5.75 Å². The maximum Gasteiger partial charge on any atom is 0.237 e. The molecule has 0 aliphatic carbocycles. The first-order valence-corrected chi connectivity index (χ1v) is 9.43. The molecule has 1 aromatic heterocycles. The molecule has 1 amide bonds. The Morgan fingerprint density at radius 1 is 1.32 bits per heavy atom. The van der Waals surface area contributed by atoms with Gasteiger partial charge in [-0.25, -0.2) is 9.07 Å². The van der Waals surface area contributed by atoms with E-state index in [4.69, 9.17) is 22.2 Å². The molecule has 2 aromatic carbocycles. The minimum absolute atomic E-state index is 0.117. The number of nitrogens with zero attached hydrogens (tertiary/aromatic N) is 3. The first-order valence-electron chi connectivity index (χ1n) is 8.17. The number of rotatable bonds is 6. The monoisotopic (exact) mass is 421 g/mol. The Labute approximate surface area is 170 Å². The Morgan fingerprint density at radius 2 is 2.07 bits per heavy atom. The molecule has 0 aliphatic heterocycles. The van der Waals surface area contributed by atoms with Crippen LogP contribution in [0.2, 0.25) is 5.02 Å². The Balaban J connectivity index is 1.75. The molecule has 146 valence electrons. The van der Waals surface area contributed by atoms with Crippen molar-refractivity contribution in [3.63, 3.8) is 0 Å². The van der Waals surface area contributed by atoms with Crippen LogP contribution < -0.4 is 15.9 Å². The number of methoxy groups -OCH3 is 1. The molecule has 0 aliphatic rings. The second kappa shape index (κ2) is 8.49. The highest BCUT2D eigenvalue weighted by atomic mass is 35.5. The number of aromatic nitrogens is 3. The van der Waals surface area contributed by atoms with E-state index in [9.17, 15) is 9.18 Å². The van der Waals surface area contributed by atoms with Crippen LogP contribution in [0.25, 0.3) is 11.4 Å². The third kappa shape index (κ3) is 4.20. The van der Waals surface area contributed by atoms with Crippen molar-refractivity contribution < 1.29 is 13.9 Å². The van der Waals surface area contributed by atoms with E-state index in [0.717, 1.165) is 17.8 Å². The number of hydrogen-bond donors (Lipinski definition) is 2. The number of halogens is 2. The van der Waals surface area contributed by atoms with Crippen molar-refractivity contribution in [2.24, 2.45) is 0 Å². The minimum atomic E-state index is -0.557. The van der Waals surface area contributed by atoms with E-state index in [1.807, 2.05) is 18.2 Å². The number of thioether (sulfide) groups is 1. The summed E-state index contributed by atoms with van der Waals surface area (Å²) >= 11 is 7.07. The van der Waals surface area contributed by atoms with Gasteiger partial charge in [0.1, 0.15) is 11.6 Å². The number of ether oxygens (including phenoxy) is 1. The molecule has 0 spiro atoms. The molecule has 0 bridgehead atoms. The highest BCUT2D eigenvalue weighted by Gasteiger charge is 2.21. The molecule has 0 saturated heterocycles. The second-order valence-electron chi connectivity index (χ2n) is 5.75. The zero-order chi connectivity index (χ0) is 20.3. The van der Waals surface area contributed by atoms with Crippen molar-refractivity contribution in [1.82, 2.24) is 14.9 Å². The summed E-state index contributed by atoms with van der Waals surface area (Å²) in [5.41, 5.74) is 1.01. The maximum absolute atomic E-state index is 13.1. The van der Waals surface area contributed by atoms with E-state index in [1.54, 1.807) is 20.1 Å². The number of nitrogens with one attached hydrogen (secondary N) is 1. The number of anilines is 1. The molecule has 3 aromatic rings. The van der Waals surface area contributed by atoms with Gasteiger partial charge in [0.25, 0.3) is 0 Å². The summed E-state index contributed by atoms with van der Waals surface area (Å²) in [6.07, 6.45) is 0. The van der Waals surface area contributed by atoms with Gasteiger partial charge in [0.2, 0.25) is 11.1 Å². The zero-order valence-corrected chi connectivity index (χ0v) is 16.6. The molecule has 0 radical (unpaired) electrons. The van der Waals surface area contributed by atoms with E-state index < -0.39 is 11.1 Å². The average Bonchev–Trinajstić information content (AvgIpc) is 3.04. The summed E-state index contributed by atoms with van der Waals surface area (Å²) in [7, 11) is 1.55. The van der Waals surface area contributed by atoms with Crippen molar-refractivity contribution >= 4 is 35.0 Å². The van der Waals surface area contributed by atoms with Crippen LogP contribution in [0.15, 0.2) is 47.6 Å². The van der Waals surface area contributed by atoms with Crippen molar-refractivity contribution in [2.45, 2.75) is 17.3 Å². The molecule has 1 unspecified atom stereocenters. The van der Waals surface area contributed by atoms with Crippen molar-refractivity contribution in [3.05, 3.63) is 53.3 Å². The van der Waals surface area contributed by atoms with Crippen molar-refractivity contribution in [3.8, 4) is 17.1 Å². The van der Waals surface area contributed by atoms with Gasteiger partial charge < -0.3 is 15.9 Å². The predicted molar refractivity (Wildman–Crippen MR) is 108 cm³/mol. The Hall–Kier alpha value is -2.78. The lowest BCUT2D eigenvalue weighted by Crippen LogP contribution is -2.23. The van der Waals surface area contributed by atoms with Gasteiger partial charge in [-0.2, -0.15) is 0 Å². The summed E-state index contributed by atoms with van der Waals surface area (Å²) in [5, 5.41) is 10.7. The molecule has 3 rings (SSSR count). The molecule has 3 N–H and O–H groups in total. The third-order valence-electron chi connectivity index (χ3n) is 3.85. The predicted octanol–water partition coefficient (Wildman–Crippen LogP) is 3.58. The molecular weight excluding hydrogens is 405 g/mol. The van der Waals surface area contributed by atoms with Gasteiger partial charge in [-0.1, -0.05) is 35.5 Å². The molecule has 7 nitrogen and oxygen atoms in total. The molecule has 10 heteroatoms. The van der Waals surface area contributed by atoms with Gasteiger partial charge in [0, 0.05) is 0 Å². The van der Waals surface area contributed by atoms with Crippen LogP contribution in [0, 0.1) is 5.82 Å². The zero-order valence-electron chi connectivity index (χ0n) is 15.0. The number of carbonyl (C=O) groups is 1. The van der Waals surface area contributed by atoms with E-state index >= 15 is 0 Å². The normalized spacial score (nSPS) is 11.9. The lowest BCUT2D eigenvalue weighted by atomic mass is 10.2. The Kier molecular flexibility index (Phi) is 6.05. The summed E-state index contributed by atoms with van der Waals surface area (Å²) < 4.78 is 19.8. The highest BCUT2D eigenvalue weighted by molar-refractivity contribution is 8.00. The van der Waals surface area contributed by atoms with Gasteiger partial charge in [-0.15, -0.1) is 10.2 Å². The standard InChI is InChI=1S/C18H17ClFN5O2S/c1-10(17(26)22-14-8-7-11(20)9-13(14)19)28-18-24-23-16(25(18)21)12-5-3-4-6-15(12)27-2/h3-10H,21H2,1-2H3,(H,22,26). The summed E-state index contributed by atoms with van der Waals surface area (Å²) in [6.45, 7) is 1.69. The van der Waals surface area contributed by atoms with Crippen LogP contribution in [-0.4, -0.2) is 33.1 Å². The summed E-state index contributed by atoms with van der Waals surface area (Å²) in [5.74, 6) is 6.33. The van der Waals surface area contributed by atoms with E-state index in [0.29, 0.717) is 28.0 Å². The number of para-hydroxylation sites is 1. The summed E-state index contributed by atoms with van der Waals surface area (Å²) in [6, 6.07) is 11.0. The molecule has 0 saturated carbocycles. The van der Waals surface area contributed by atoms with Gasteiger partial charge in [0.15, 0.2) is 5.82 Å². The van der Waals surface area contributed by atoms with Crippen molar-refractivity contribution in [2.75, 3.05) is 18.3 Å². The van der Waals surface area contributed by atoms with Crippen LogP contribution in [0.3, 0.4) is 0 Å². The number of nitrogen functional groups attached to an aromatic ring is 1. The quantitative estimate of drug-likeness (QED) is 0.466.